The maximum Gasteiger partial charge on any atom is 0.123 e. The zero-order chi connectivity index (χ0) is 14.7. The molecule has 3 nitrogen and oxygen atoms in total. The van der Waals surface area contributed by atoms with Gasteiger partial charge in [0.05, 0.1) is 19.3 Å². The normalized spacial score (nSPS) is 31.2. The molecule has 0 bridgehead atoms. The molecular formula is C17H27NO2. The largest absolute Gasteiger partial charge is 0.496 e. The van der Waals surface area contributed by atoms with Crippen LogP contribution in [0.1, 0.15) is 39.3 Å². The number of hydrogen-bond acceptors (Lipinski definition) is 3. The van der Waals surface area contributed by atoms with Crippen molar-refractivity contribution in [1.82, 2.24) is 5.32 Å². The van der Waals surface area contributed by atoms with E-state index >= 15 is 0 Å². The monoisotopic (exact) mass is 277 g/mol. The fourth-order valence-corrected chi connectivity index (χ4v) is 3.46. The molecule has 20 heavy (non-hydrogen) atoms. The molecule has 2 rings (SSSR count). The van der Waals surface area contributed by atoms with Gasteiger partial charge in [0, 0.05) is 17.5 Å². The van der Waals surface area contributed by atoms with E-state index in [1.54, 1.807) is 7.11 Å². The molecule has 1 heterocycles. The smallest absolute Gasteiger partial charge is 0.123 e. The lowest BCUT2D eigenvalue weighted by Crippen LogP contribution is -2.35. The van der Waals surface area contributed by atoms with E-state index in [2.05, 4.69) is 45.1 Å². The summed E-state index contributed by atoms with van der Waals surface area (Å²) in [7, 11) is 1.74. The van der Waals surface area contributed by atoms with E-state index in [9.17, 15) is 0 Å². The van der Waals surface area contributed by atoms with Crippen LogP contribution < -0.4 is 10.1 Å². The van der Waals surface area contributed by atoms with E-state index in [1.807, 2.05) is 12.1 Å². The minimum atomic E-state index is 0.258. The third-order valence-electron chi connectivity index (χ3n) is 4.60. The molecule has 112 valence electrons. The van der Waals surface area contributed by atoms with E-state index in [1.165, 1.54) is 5.56 Å². The highest BCUT2D eigenvalue weighted by atomic mass is 16.5. The van der Waals surface area contributed by atoms with Crippen molar-refractivity contribution >= 4 is 0 Å². The van der Waals surface area contributed by atoms with Gasteiger partial charge in [0.25, 0.3) is 0 Å². The number of nitrogens with one attached hydrogen (secondary N) is 1. The number of benzene rings is 1. The predicted octanol–water partition coefficient (Wildman–Crippen LogP) is 3.41. The van der Waals surface area contributed by atoms with Crippen molar-refractivity contribution in [3.63, 3.8) is 0 Å². The van der Waals surface area contributed by atoms with Crippen molar-refractivity contribution in [1.29, 1.82) is 0 Å². The van der Waals surface area contributed by atoms with Gasteiger partial charge in [0.1, 0.15) is 5.75 Å². The number of methoxy groups -OCH3 is 1. The van der Waals surface area contributed by atoms with Gasteiger partial charge in [-0.2, -0.15) is 0 Å². The quantitative estimate of drug-likeness (QED) is 0.894. The maximum absolute atomic E-state index is 6.03. The van der Waals surface area contributed by atoms with Gasteiger partial charge in [0.15, 0.2) is 0 Å². The average molecular weight is 277 g/mol. The Balaban J connectivity index is 2.36. The Hall–Kier alpha value is -1.06. The van der Waals surface area contributed by atoms with Crippen LogP contribution in [0.15, 0.2) is 24.3 Å². The number of hydrogen-bond donors (Lipinski definition) is 1. The zero-order valence-corrected chi connectivity index (χ0v) is 13.2. The Morgan fingerprint density at radius 3 is 2.45 bits per heavy atom. The van der Waals surface area contributed by atoms with Crippen molar-refractivity contribution in [2.75, 3.05) is 13.7 Å². The van der Waals surface area contributed by atoms with Crippen LogP contribution in [0.2, 0.25) is 0 Å². The average Bonchev–Trinajstić information content (AvgIpc) is 2.70. The molecule has 0 radical (unpaired) electrons. The maximum atomic E-state index is 6.03. The van der Waals surface area contributed by atoms with Crippen LogP contribution in [-0.4, -0.2) is 25.9 Å². The molecule has 5 unspecified atom stereocenters. The molecular weight excluding hydrogens is 250 g/mol. The van der Waals surface area contributed by atoms with Gasteiger partial charge < -0.3 is 14.8 Å². The lowest BCUT2D eigenvalue weighted by molar-refractivity contribution is 0.0475. The zero-order valence-electron chi connectivity index (χ0n) is 13.2. The van der Waals surface area contributed by atoms with Crippen molar-refractivity contribution in [2.24, 2.45) is 11.8 Å². The standard InChI is InChI=1S/C17H27NO2/c1-6-18-17(14-9-7-8-10-15(14)19-5)16-11(2)12(3)20-13(16)4/h7-13,16-18H,6H2,1-5H3. The first-order valence-corrected chi connectivity index (χ1v) is 7.61. The minimum absolute atomic E-state index is 0.258. The molecule has 5 atom stereocenters. The molecule has 1 saturated heterocycles. The van der Waals surface area contributed by atoms with Crippen molar-refractivity contribution in [3.8, 4) is 5.75 Å². The molecule has 3 heteroatoms. The summed E-state index contributed by atoms with van der Waals surface area (Å²) in [5, 5.41) is 3.64. The molecule has 0 spiro atoms. The molecule has 1 aliphatic heterocycles. The van der Waals surface area contributed by atoms with Crippen LogP contribution in [0.3, 0.4) is 0 Å². The van der Waals surface area contributed by atoms with Crippen LogP contribution in [0.5, 0.6) is 5.75 Å². The summed E-state index contributed by atoms with van der Waals surface area (Å²) in [5.74, 6) is 1.94. The highest BCUT2D eigenvalue weighted by molar-refractivity contribution is 5.36. The summed E-state index contributed by atoms with van der Waals surface area (Å²) < 4.78 is 11.6. The Kier molecular flexibility index (Phi) is 5.06. The summed E-state index contributed by atoms with van der Waals surface area (Å²) in [6.07, 6.45) is 0.569. The lowest BCUT2D eigenvalue weighted by Gasteiger charge is -2.31. The molecule has 0 aliphatic carbocycles. The van der Waals surface area contributed by atoms with Gasteiger partial charge in [-0.15, -0.1) is 0 Å². The summed E-state index contributed by atoms with van der Waals surface area (Å²) in [6, 6.07) is 8.57. The van der Waals surface area contributed by atoms with E-state index < -0.39 is 0 Å². The SMILES string of the molecule is CCNC(c1ccccc1OC)C1C(C)OC(C)C1C. The molecule has 1 N–H and O–H groups in total. The second-order valence-electron chi connectivity index (χ2n) is 5.76. The second kappa shape index (κ2) is 6.59. The fraction of sp³-hybridized carbons (Fsp3) is 0.647. The first kappa shape index (κ1) is 15.3. The first-order chi connectivity index (χ1) is 9.60. The Morgan fingerprint density at radius 2 is 1.90 bits per heavy atom. The predicted molar refractivity (Wildman–Crippen MR) is 82.1 cm³/mol. The third-order valence-corrected chi connectivity index (χ3v) is 4.60. The third kappa shape index (κ3) is 2.84. The Labute approximate surface area is 122 Å². The highest BCUT2D eigenvalue weighted by Crippen LogP contribution is 2.42. The first-order valence-electron chi connectivity index (χ1n) is 7.61. The van der Waals surface area contributed by atoms with E-state index in [0.717, 1.165) is 12.3 Å². The van der Waals surface area contributed by atoms with E-state index in [0.29, 0.717) is 17.9 Å². The van der Waals surface area contributed by atoms with Crippen molar-refractivity contribution < 1.29 is 9.47 Å². The van der Waals surface area contributed by atoms with Gasteiger partial charge in [-0.05, 0) is 32.4 Å². The van der Waals surface area contributed by atoms with E-state index in [4.69, 9.17) is 9.47 Å². The molecule has 1 fully saturated rings. The molecule has 0 saturated carbocycles. The van der Waals surface area contributed by atoms with Crippen LogP contribution in [0.25, 0.3) is 0 Å². The van der Waals surface area contributed by atoms with Crippen LogP contribution >= 0.6 is 0 Å². The van der Waals surface area contributed by atoms with E-state index in [-0.39, 0.29) is 12.1 Å². The van der Waals surface area contributed by atoms with Gasteiger partial charge in [-0.3, -0.25) is 0 Å². The summed E-state index contributed by atoms with van der Waals surface area (Å²) in [5.41, 5.74) is 1.23. The number of rotatable bonds is 5. The topological polar surface area (TPSA) is 30.5 Å². The Morgan fingerprint density at radius 1 is 1.20 bits per heavy atom. The second-order valence-corrected chi connectivity index (χ2v) is 5.76. The molecule has 1 aliphatic rings. The van der Waals surface area contributed by atoms with Gasteiger partial charge in [0.2, 0.25) is 0 Å². The molecule has 0 amide bonds. The van der Waals surface area contributed by atoms with Crippen LogP contribution in [-0.2, 0) is 4.74 Å². The number of para-hydroxylation sites is 1. The highest BCUT2D eigenvalue weighted by Gasteiger charge is 2.42. The summed E-state index contributed by atoms with van der Waals surface area (Å²) in [4.78, 5) is 0. The molecule has 1 aromatic rings. The summed E-state index contributed by atoms with van der Waals surface area (Å²) in [6.45, 7) is 9.74. The van der Waals surface area contributed by atoms with Gasteiger partial charge in [-0.25, -0.2) is 0 Å². The molecule has 1 aromatic carbocycles. The van der Waals surface area contributed by atoms with Crippen molar-refractivity contribution in [2.45, 2.75) is 45.9 Å². The fourth-order valence-electron chi connectivity index (χ4n) is 3.46. The van der Waals surface area contributed by atoms with Gasteiger partial charge >= 0.3 is 0 Å². The molecule has 0 aromatic heterocycles. The number of ether oxygens (including phenoxy) is 2. The lowest BCUT2D eigenvalue weighted by atomic mass is 9.80. The Bertz CT molecular complexity index is 435. The summed E-state index contributed by atoms with van der Waals surface area (Å²) >= 11 is 0. The van der Waals surface area contributed by atoms with Gasteiger partial charge in [-0.1, -0.05) is 32.0 Å². The van der Waals surface area contributed by atoms with Crippen LogP contribution in [0.4, 0.5) is 0 Å². The minimum Gasteiger partial charge on any atom is -0.496 e. The van der Waals surface area contributed by atoms with Crippen LogP contribution in [0, 0.1) is 11.8 Å². The van der Waals surface area contributed by atoms with Crippen molar-refractivity contribution in [3.05, 3.63) is 29.8 Å².